The van der Waals surface area contributed by atoms with Crippen LogP contribution in [0.15, 0.2) is 0 Å². The first-order valence-electron chi connectivity index (χ1n) is 4.92. The van der Waals surface area contributed by atoms with E-state index in [1.807, 2.05) is 12.2 Å². The summed E-state index contributed by atoms with van der Waals surface area (Å²) in [6, 6.07) is -1.32. The number of nitrogens with two attached hydrogens (primary N) is 1. The molecule has 0 spiro atoms. The fraction of sp³-hybridized carbons (Fsp3) is 0.778. The highest BCUT2D eigenvalue weighted by Crippen LogP contribution is 1.98. The molecular formula is C9H19N3O3. The minimum Gasteiger partial charge on any atom is -0.396 e. The van der Waals surface area contributed by atoms with Gasteiger partial charge in [0.2, 0.25) is 5.91 Å². The van der Waals surface area contributed by atoms with Crippen molar-refractivity contribution in [3.8, 4) is 0 Å². The van der Waals surface area contributed by atoms with Crippen LogP contribution in [0.1, 0.15) is 20.3 Å². The molecule has 3 amide bonds. The SMILES string of the molecule is CC(CCO)CNC(C)C(=O)NC(N)=O. The van der Waals surface area contributed by atoms with Gasteiger partial charge in [0.1, 0.15) is 0 Å². The molecule has 88 valence electrons. The first kappa shape index (κ1) is 13.9. The number of aliphatic hydroxyl groups is 1. The van der Waals surface area contributed by atoms with Crippen LogP contribution in [0, 0.1) is 5.92 Å². The van der Waals surface area contributed by atoms with Crippen LogP contribution in [0.3, 0.4) is 0 Å². The van der Waals surface area contributed by atoms with E-state index < -0.39 is 18.0 Å². The molecule has 0 aliphatic heterocycles. The van der Waals surface area contributed by atoms with Crippen LogP contribution in [0.25, 0.3) is 0 Å². The van der Waals surface area contributed by atoms with Gasteiger partial charge in [0.05, 0.1) is 6.04 Å². The number of aliphatic hydroxyl groups excluding tert-OH is 1. The zero-order chi connectivity index (χ0) is 11.8. The molecule has 0 rings (SSSR count). The number of amides is 3. The van der Waals surface area contributed by atoms with Crippen molar-refractivity contribution in [3.63, 3.8) is 0 Å². The fourth-order valence-corrected chi connectivity index (χ4v) is 1.02. The minimum atomic E-state index is -0.850. The van der Waals surface area contributed by atoms with E-state index in [-0.39, 0.29) is 12.5 Å². The van der Waals surface area contributed by atoms with Gasteiger partial charge in [-0.3, -0.25) is 10.1 Å². The van der Waals surface area contributed by atoms with Crippen molar-refractivity contribution in [1.29, 1.82) is 0 Å². The Labute approximate surface area is 89.2 Å². The lowest BCUT2D eigenvalue weighted by Crippen LogP contribution is -2.47. The zero-order valence-corrected chi connectivity index (χ0v) is 9.12. The number of rotatable bonds is 6. The Hall–Kier alpha value is -1.14. The smallest absolute Gasteiger partial charge is 0.318 e. The molecule has 0 bridgehead atoms. The Balaban J connectivity index is 3.77. The van der Waals surface area contributed by atoms with Crippen molar-refractivity contribution < 1.29 is 14.7 Å². The van der Waals surface area contributed by atoms with Crippen molar-refractivity contribution in [2.45, 2.75) is 26.3 Å². The van der Waals surface area contributed by atoms with Gasteiger partial charge in [0.25, 0.3) is 0 Å². The van der Waals surface area contributed by atoms with E-state index in [1.165, 1.54) is 0 Å². The third kappa shape index (κ3) is 6.87. The first-order chi connectivity index (χ1) is 6.97. The Morgan fingerprint density at radius 1 is 1.40 bits per heavy atom. The molecule has 0 saturated carbocycles. The molecule has 0 aromatic heterocycles. The third-order valence-electron chi connectivity index (χ3n) is 2.03. The quantitative estimate of drug-likeness (QED) is 0.466. The van der Waals surface area contributed by atoms with Crippen molar-refractivity contribution in [2.24, 2.45) is 11.7 Å². The van der Waals surface area contributed by atoms with Gasteiger partial charge in [-0.05, 0) is 25.8 Å². The predicted molar refractivity (Wildman–Crippen MR) is 56.1 cm³/mol. The lowest BCUT2D eigenvalue weighted by molar-refractivity contribution is -0.121. The normalized spacial score (nSPS) is 14.3. The predicted octanol–water partition coefficient (Wildman–Crippen LogP) is -0.822. The van der Waals surface area contributed by atoms with E-state index in [4.69, 9.17) is 10.8 Å². The highest BCUT2D eigenvalue weighted by molar-refractivity contribution is 5.96. The number of carbonyl (C=O) groups excluding carboxylic acids is 2. The van der Waals surface area contributed by atoms with Gasteiger partial charge in [-0.15, -0.1) is 0 Å². The average molecular weight is 217 g/mol. The van der Waals surface area contributed by atoms with Crippen molar-refractivity contribution in [1.82, 2.24) is 10.6 Å². The largest absolute Gasteiger partial charge is 0.396 e. The van der Waals surface area contributed by atoms with Crippen LogP contribution in [-0.2, 0) is 4.79 Å². The Bertz CT molecular complexity index is 221. The van der Waals surface area contributed by atoms with Crippen LogP contribution in [-0.4, -0.2) is 36.2 Å². The van der Waals surface area contributed by atoms with E-state index in [1.54, 1.807) is 6.92 Å². The maximum Gasteiger partial charge on any atom is 0.318 e. The Morgan fingerprint density at radius 3 is 2.47 bits per heavy atom. The molecule has 0 heterocycles. The summed E-state index contributed by atoms with van der Waals surface area (Å²) in [6.07, 6.45) is 0.678. The molecule has 15 heavy (non-hydrogen) atoms. The van der Waals surface area contributed by atoms with Gasteiger partial charge < -0.3 is 16.2 Å². The summed E-state index contributed by atoms with van der Waals surface area (Å²) >= 11 is 0. The van der Waals surface area contributed by atoms with Gasteiger partial charge in [0, 0.05) is 6.61 Å². The van der Waals surface area contributed by atoms with Crippen molar-refractivity contribution >= 4 is 11.9 Å². The number of primary amides is 1. The van der Waals surface area contributed by atoms with Crippen LogP contribution < -0.4 is 16.4 Å². The molecular weight excluding hydrogens is 198 g/mol. The number of nitrogens with one attached hydrogen (secondary N) is 2. The Kier molecular flexibility index (Phi) is 6.64. The number of carbonyl (C=O) groups is 2. The number of hydrogen-bond donors (Lipinski definition) is 4. The van der Waals surface area contributed by atoms with Gasteiger partial charge in [0.15, 0.2) is 0 Å². The maximum atomic E-state index is 11.2. The molecule has 0 fully saturated rings. The Morgan fingerprint density at radius 2 is 2.00 bits per heavy atom. The summed E-state index contributed by atoms with van der Waals surface area (Å²) in [4.78, 5) is 21.6. The molecule has 5 N–H and O–H groups in total. The first-order valence-corrected chi connectivity index (χ1v) is 4.92. The van der Waals surface area contributed by atoms with Crippen LogP contribution in [0.5, 0.6) is 0 Å². The monoisotopic (exact) mass is 217 g/mol. The average Bonchev–Trinajstić information content (AvgIpc) is 2.13. The van der Waals surface area contributed by atoms with Crippen molar-refractivity contribution in [3.05, 3.63) is 0 Å². The number of urea groups is 1. The van der Waals surface area contributed by atoms with Gasteiger partial charge in [-0.2, -0.15) is 0 Å². The van der Waals surface area contributed by atoms with Crippen molar-refractivity contribution in [2.75, 3.05) is 13.2 Å². The topological polar surface area (TPSA) is 104 Å². The maximum absolute atomic E-state index is 11.2. The van der Waals surface area contributed by atoms with Crippen LogP contribution in [0.4, 0.5) is 4.79 Å². The number of imide groups is 1. The standard InChI is InChI=1S/C9H19N3O3/c1-6(3-4-13)5-11-7(2)8(14)12-9(10)15/h6-7,11,13H,3-5H2,1-2H3,(H3,10,12,14,15). The fourth-order valence-electron chi connectivity index (χ4n) is 1.02. The van der Waals surface area contributed by atoms with Gasteiger partial charge in [-0.1, -0.05) is 6.92 Å². The second-order valence-electron chi connectivity index (χ2n) is 3.60. The summed E-state index contributed by atoms with van der Waals surface area (Å²) in [5, 5.41) is 13.6. The molecule has 0 aromatic carbocycles. The van der Waals surface area contributed by atoms with E-state index in [0.29, 0.717) is 13.0 Å². The van der Waals surface area contributed by atoms with E-state index >= 15 is 0 Å². The molecule has 6 nitrogen and oxygen atoms in total. The second kappa shape index (κ2) is 7.19. The van der Waals surface area contributed by atoms with Crippen LogP contribution in [0.2, 0.25) is 0 Å². The second-order valence-corrected chi connectivity index (χ2v) is 3.60. The summed E-state index contributed by atoms with van der Waals surface area (Å²) in [6.45, 7) is 4.34. The number of hydrogen-bond acceptors (Lipinski definition) is 4. The third-order valence-corrected chi connectivity index (χ3v) is 2.03. The lowest BCUT2D eigenvalue weighted by Gasteiger charge is -2.15. The lowest BCUT2D eigenvalue weighted by atomic mass is 10.1. The highest BCUT2D eigenvalue weighted by Gasteiger charge is 2.14. The van der Waals surface area contributed by atoms with E-state index in [2.05, 4.69) is 5.32 Å². The summed E-state index contributed by atoms with van der Waals surface area (Å²) in [7, 11) is 0. The molecule has 6 heteroatoms. The molecule has 0 aromatic rings. The highest BCUT2D eigenvalue weighted by atomic mass is 16.3. The zero-order valence-electron chi connectivity index (χ0n) is 9.12. The summed E-state index contributed by atoms with van der Waals surface area (Å²) < 4.78 is 0. The molecule has 0 radical (unpaired) electrons. The van der Waals surface area contributed by atoms with Gasteiger partial charge in [-0.25, -0.2) is 4.79 Å². The summed E-state index contributed by atoms with van der Waals surface area (Å²) in [5.41, 5.74) is 4.80. The minimum absolute atomic E-state index is 0.130. The molecule has 2 unspecified atom stereocenters. The molecule has 0 aliphatic carbocycles. The van der Waals surface area contributed by atoms with Gasteiger partial charge >= 0.3 is 6.03 Å². The van der Waals surface area contributed by atoms with E-state index in [0.717, 1.165) is 0 Å². The molecule has 2 atom stereocenters. The molecule has 0 aliphatic rings. The van der Waals surface area contributed by atoms with Crippen LogP contribution >= 0.6 is 0 Å². The molecule has 0 saturated heterocycles. The van der Waals surface area contributed by atoms with E-state index in [9.17, 15) is 9.59 Å². The summed E-state index contributed by atoms with van der Waals surface area (Å²) in [5.74, 6) is -0.169.